The summed E-state index contributed by atoms with van der Waals surface area (Å²) in [6.07, 6.45) is 5.91. The molecule has 2 aromatic rings. The van der Waals surface area contributed by atoms with E-state index in [1.807, 2.05) is 6.92 Å². The number of aromatic nitrogens is 2. The van der Waals surface area contributed by atoms with Gasteiger partial charge in [-0.1, -0.05) is 13.8 Å². The monoisotopic (exact) mass is 385 g/mol. The summed E-state index contributed by atoms with van der Waals surface area (Å²) in [6, 6.07) is 4.46. The molecule has 3 unspecified atom stereocenters. The first-order chi connectivity index (χ1) is 13.3. The molecule has 0 bridgehead atoms. The number of benzene rings is 1. The third kappa shape index (κ3) is 4.75. The fraction of sp³-hybridized carbons (Fsp3) is 0.500. The smallest absolute Gasteiger partial charge is 0.294 e. The summed E-state index contributed by atoms with van der Waals surface area (Å²) in [5, 5.41) is 14.4. The van der Waals surface area contributed by atoms with Gasteiger partial charge in [-0.2, -0.15) is 0 Å². The molecule has 1 saturated heterocycles. The van der Waals surface area contributed by atoms with Crippen LogP contribution in [0.1, 0.15) is 37.6 Å². The Kier molecular flexibility index (Phi) is 6.08. The van der Waals surface area contributed by atoms with Crippen molar-refractivity contribution >= 4 is 11.6 Å². The molecule has 2 heterocycles. The lowest BCUT2D eigenvalue weighted by Gasteiger charge is -2.36. The van der Waals surface area contributed by atoms with Crippen molar-refractivity contribution in [3.05, 3.63) is 52.6 Å². The van der Waals surface area contributed by atoms with Crippen molar-refractivity contribution in [3.63, 3.8) is 0 Å². The summed E-state index contributed by atoms with van der Waals surface area (Å²) in [7, 11) is 0. The lowest BCUT2D eigenvalue weighted by molar-refractivity contribution is -0.384. The molecular weight excluding hydrogens is 358 g/mol. The highest BCUT2D eigenvalue weighted by atomic mass is 16.6. The number of amides is 1. The van der Waals surface area contributed by atoms with Gasteiger partial charge in [0.05, 0.1) is 11.3 Å². The second kappa shape index (κ2) is 8.52. The van der Waals surface area contributed by atoms with Crippen LogP contribution in [0.4, 0.5) is 5.69 Å². The molecule has 1 fully saturated rings. The third-order valence-corrected chi connectivity index (χ3v) is 5.07. The first-order valence-electron chi connectivity index (χ1n) is 9.63. The maximum Gasteiger partial charge on any atom is 0.294 e. The molecule has 8 heteroatoms. The molecule has 28 heavy (non-hydrogen) atoms. The Hall–Kier alpha value is -2.74. The van der Waals surface area contributed by atoms with Crippen molar-refractivity contribution in [1.82, 2.24) is 19.8 Å². The summed E-state index contributed by atoms with van der Waals surface area (Å²) >= 11 is 0. The molecule has 1 aromatic heterocycles. The molecule has 1 aliphatic heterocycles. The minimum absolute atomic E-state index is 0.0441. The molecule has 1 aliphatic rings. The second-order valence-electron chi connectivity index (χ2n) is 7.97. The Morgan fingerprint density at radius 2 is 2.07 bits per heavy atom. The van der Waals surface area contributed by atoms with Crippen LogP contribution >= 0.6 is 0 Å². The lowest BCUT2D eigenvalue weighted by atomic mass is 9.92. The van der Waals surface area contributed by atoms with Gasteiger partial charge in [0.2, 0.25) is 0 Å². The van der Waals surface area contributed by atoms with Crippen molar-refractivity contribution in [2.24, 2.45) is 11.8 Å². The molecule has 1 N–H and O–H groups in total. The molecule has 3 rings (SSSR count). The van der Waals surface area contributed by atoms with Gasteiger partial charge in [0, 0.05) is 49.7 Å². The van der Waals surface area contributed by atoms with Crippen LogP contribution in [0.2, 0.25) is 0 Å². The number of hydrogen-bond acceptors (Lipinski definition) is 5. The van der Waals surface area contributed by atoms with Crippen molar-refractivity contribution in [1.29, 1.82) is 0 Å². The molecule has 1 aromatic carbocycles. The number of nitrogens with zero attached hydrogens (tertiary/aromatic N) is 4. The van der Waals surface area contributed by atoms with Crippen molar-refractivity contribution in [3.8, 4) is 5.69 Å². The highest BCUT2D eigenvalue weighted by Gasteiger charge is 2.24. The quantitative estimate of drug-likeness (QED) is 0.610. The predicted octanol–water partition coefficient (Wildman–Crippen LogP) is 2.88. The largest absolute Gasteiger partial charge is 0.348 e. The number of nitro benzene ring substituents is 1. The van der Waals surface area contributed by atoms with E-state index in [2.05, 4.69) is 29.0 Å². The maximum atomic E-state index is 12.6. The van der Waals surface area contributed by atoms with E-state index in [0.29, 0.717) is 17.5 Å². The van der Waals surface area contributed by atoms with E-state index in [9.17, 15) is 14.9 Å². The van der Waals surface area contributed by atoms with Gasteiger partial charge in [0.25, 0.3) is 11.6 Å². The second-order valence-corrected chi connectivity index (χ2v) is 7.97. The first kappa shape index (κ1) is 20.0. The van der Waals surface area contributed by atoms with Crippen molar-refractivity contribution < 1.29 is 9.72 Å². The number of likely N-dealkylation sites (tertiary alicyclic amines) is 1. The standard InChI is InChI=1S/C20H27N5O3/c1-14-8-15(2)11-23(10-14)12-16(3)22-20(26)17-4-5-18(19(9-17)25(27)28)24-7-6-21-13-24/h4-7,9,13-16H,8,10-12H2,1-3H3,(H,22,26). The van der Waals surface area contributed by atoms with E-state index < -0.39 is 4.92 Å². The van der Waals surface area contributed by atoms with Crippen LogP contribution in [0, 0.1) is 22.0 Å². The van der Waals surface area contributed by atoms with Gasteiger partial charge in [-0.05, 0) is 37.3 Å². The van der Waals surface area contributed by atoms with Gasteiger partial charge in [-0.15, -0.1) is 0 Å². The Morgan fingerprint density at radius 3 is 2.68 bits per heavy atom. The van der Waals surface area contributed by atoms with Crippen LogP contribution in [0.5, 0.6) is 0 Å². The molecule has 0 aliphatic carbocycles. The van der Waals surface area contributed by atoms with Crippen LogP contribution in [-0.4, -0.2) is 51.0 Å². The van der Waals surface area contributed by atoms with E-state index in [1.165, 1.54) is 18.8 Å². The van der Waals surface area contributed by atoms with Gasteiger partial charge in [0.1, 0.15) is 5.69 Å². The number of imidazole rings is 1. The predicted molar refractivity (Wildman–Crippen MR) is 107 cm³/mol. The summed E-state index contributed by atoms with van der Waals surface area (Å²) in [5.41, 5.74) is 0.531. The zero-order valence-corrected chi connectivity index (χ0v) is 16.5. The highest BCUT2D eigenvalue weighted by molar-refractivity contribution is 5.95. The highest BCUT2D eigenvalue weighted by Crippen LogP contribution is 2.24. The van der Waals surface area contributed by atoms with Gasteiger partial charge in [-0.3, -0.25) is 14.9 Å². The summed E-state index contributed by atoms with van der Waals surface area (Å²) in [6.45, 7) is 9.33. The van der Waals surface area contributed by atoms with Crippen molar-refractivity contribution in [2.75, 3.05) is 19.6 Å². The molecule has 150 valence electrons. The Labute approximate surface area is 164 Å². The van der Waals surface area contributed by atoms with Crippen LogP contribution in [0.25, 0.3) is 5.69 Å². The van der Waals surface area contributed by atoms with Gasteiger partial charge >= 0.3 is 0 Å². The Morgan fingerprint density at radius 1 is 1.36 bits per heavy atom. The zero-order valence-electron chi connectivity index (χ0n) is 16.5. The average Bonchev–Trinajstić information content (AvgIpc) is 3.14. The van der Waals surface area contributed by atoms with E-state index in [4.69, 9.17) is 0 Å². The van der Waals surface area contributed by atoms with Crippen LogP contribution in [-0.2, 0) is 0 Å². The fourth-order valence-corrected chi connectivity index (χ4v) is 4.11. The number of carbonyl (C=O) groups is 1. The minimum Gasteiger partial charge on any atom is -0.348 e. The van der Waals surface area contributed by atoms with Crippen LogP contribution in [0.3, 0.4) is 0 Å². The average molecular weight is 385 g/mol. The van der Waals surface area contributed by atoms with Gasteiger partial charge in [0.15, 0.2) is 0 Å². The molecule has 0 saturated carbocycles. The fourth-order valence-electron chi connectivity index (χ4n) is 4.11. The molecule has 0 radical (unpaired) electrons. The van der Waals surface area contributed by atoms with E-state index in [0.717, 1.165) is 19.6 Å². The number of nitro groups is 1. The lowest BCUT2D eigenvalue weighted by Crippen LogP contribution is -2.47. The Bertz CT molecular complexity index is 826. The molecule has 8 nitrogen and oxygen atoms in total. The van der Waals surface area contributed by atoms with Gasteiger partial charge in [-0.25, -0.2) is 4.98 Å². The van der Waals surface area contributed by atoms with E-state index in [1.54, 1.807) is 29.1 Å². The normalized spacial score (nSPS) is 21.2. The number of piperidine rings is 1. The number of carbonyl (C=O) groups excluding carboxylic acids is 1. The molecule has 3 atom stereocenters. The third-order valence-electron chi connectivity index (χ3n) is 5.07. The van der Waals surface area contributed by atoms with E-state index >= 15 is 0 Å². The minimum atomic E-state index is -0.480. The van der Waals surface area contributed by atoms with Crippen LogP contribution in [0.15, 0.2) is 36.9 Å². The first-order valence-corrected chi connectivity index (χ1v) is 9.63. The molecule has 1 amide bonds. The van der Waals surface area contributed by atoms with Crippen molar-refractivity contribution in [2.45, 2.75) is 33.2 Å². The summed E-state index contributed by atoms with van der Waals surface area (Å²) < 4.78 is 1.56. The number of rotatable bonds is 6. The topological polar surface area (TPSA) is 93.3 Å². The zero-order chi connectivity index (χ0) is 20.3. The number of nitrogens with one attached hydrogen (secondary N) is 1. The molecular formula is C20H27N5O3. The van der Waals surface area contributed by atoms with Gasteiger partial charge < -0.3 is 14.8 Å². The SMILES string of the molecule is CC1CC(C)CN(CC(C)NC(=O)c2ccc(-n3ccnc3)c([N+](=O)[O-])c2)C1. The van der Waals surface area contributed by atoms with Crippen LogP contribution < -0.4 is 5.32 Å². The summed E-state index contributed by atoms with van der Waals surface area (Å²) in [5.74, 6) is 1.01. The summed E-state index contributed by atoms with van der Waals surface area (Å²) in [4.78, 5) is 29.9. The molecule has 0 spiro atoms. The Balaban J connectivity index is 1.68. The maximum absolute atomic E-state index is 12.6. The van der Waals surface area contributed by atoms with E-state index in [-0.39, 0.29) is 23.2 Å². The number of hydrogen-bond donors (Lipinski definition) is 1.